The number of aliphatic hydroxyl groups excluding tert-OH is 1. The van der Waals surface area contributed by atoms with Gasteiger partial charge in [0.1, 0.15) is 24.0 Å². The molecule has 2 unspecified atom stereocenters. The zero-order valence-electron chi connectivity index (χ0n) is 24.0. The lowest BCUT2D eigenvalue weighted by molar-refractivity contribution is -0.150. The third-order valence-corrected chi connectivity index (χ3v) is 8.37. The second kappa shape index (κ2) is 14.9. The van der Waals surface area contributed by atoms with Gasteiger partial charge in [-0.05, 0) is 52.2 Å². The summed E-state index contributed by atoms with van der Waals surface area (Å²) >= 11 is 0. The highest BCUT2D eigenvalue weighted by Gasteiger charge is 2.56. The molecule has 2 heterocycles. The Balaban J connectivity index is 1.67. The van der Waals surface area contributed by atoms with Crippen molar-refractivity contribution in [3.05, 3.63) is 63.4 Å². The Labute approximate surface area is 246 Å². The summed E-state index contributed by atoms with van der Waals surface area (Å²) in [4.78, 5) is 49.0. The van der Waals surface area contributed by atoms with E-state index >= 15 is 4.39 Å². The normalized spacial score (nSPS) is 24.5. The molecule has 1 aromatic heterocycles. The van der Waals surface area contributed by atoms with Gasteiger partial charge < -0.3 is 24.2 Å². The van der Waals surface area contributed by atoms with Crippen LogP contribution in [0.4, 0.5) is 4.39 Å². The van der Waals surface area contributed by atoms with Crippen LogP contribution in [-0.2, 0) is 28.2 Å². The Morgan fingerprint density at radius 1 is 1.19 bits per heavy atom. The molecule has 16 heteroatoms. The molecule has 1 aliphatic heterocycles. The van der Waals surface area contributed by atoms with E-state index in [-0.39, 0.29) is 12.2 Å². The molecule has 0 radical (unpaired) electrons. The average molecular weight is 630 g/mol. The van der Waals surface area contributed by atoms with Gasteiger partial charge in [-0.15, -0.1) is 0 Å². The maximum atomic E-state index is 15.6. The van der Waals surface area contributed by atoms with Crippen molar-refractivity contribution in [1.29, 1.82) is 0 Å². The molecule has 238 valence electrons. The van der Waals surface area contributed by atoms with Crippen molar-refractivity contribution in [3.8, 4) is 5.75 Å². The fraction of sp³-hybridized carbons (Fsp3) is 0.556. The summed E-state index contributed by atoms with van der Waals surface area (Å²) in [6, 6.07) is 7.69. The molecule has 0 saturated carbocycles. The quantitative estimate of drug-likeness (QED) is 0.121. The van der Waals surface area contributed by atoms with Gasteiger partial charge in [0.2, 0.25) is 0 Å². The molecule has 43 heavy (non-hydrogen) atoms. The molecule has 3 rings (SSSR count). The number of nitrogens with one attached hydrogen (secondary N) is 2. The Morgan fingerprint density at radius 2 is 1.88 bits per heavy atom. The van der Waals surface area contributed by atoms with Gasteiger partial charge in [-0.2, -0.15) is 5.09 Å². The molecule has 4 N–H and O–H groups in total. The van der Waals surface area contributed by atoms with Crippen LogP contribution < -0.4 is 20.9 Å². The number of nitrogens with zero attached hydrogens (tertiary/aromatic N) is 1. The van der Waals surface area contributed by atoms with Gasteiger partial charge in [-0.3, -0.25) is 28.5 Å². The van der Waals surface area contributed by atoms with Crippen molar-refractivity contribution in [2.75, 3.05) is 6.61 Å². The number of esters is 1. The molecule has 7 atom stereocenters. The third kappa shape index (κ3) is 9.57. The number of hydrogen-bond acceptors (Lipinski definition) is 10. The number of rotatable bonds is 16. The number of carbonyl (C=O) groups is 2. The summed E-state index contributed by atoms with van der Waals surface area (Å²) in [7, 11) is -4.40. The molecular weight excluding hydrogens is 592 g/mol. The number of unbranched alkanes of at least 4 members (excludes halogenated alkanes) is 2. The standard InChI is InChI=1S/C27H37FN3O11P/c1-17(10-6-4-9-13-22(33)34)40-24(36)18(2)30-43(38,42-19-11-7-5-8-12-19)39-16-20-23(35)27(3,28)25(41-20)31-15-14-21(32)29-26(31)37/h5,7-8,11-12,14-15,17-18,20,23,25,35H,4,6,9-10,13,16H2,1-3H3,(H,30,38)(H,33,34)(H,29,32,37)/t17?,18-,20+,23+,25+,27+,43?/m0/s1. The number of carbonyl (C=O) groups excluding carboxylic acids is 1. The van der Waals surface area contributed by atoms with Crippen molar-refractivity contribution < 1.29 is 47.3 Å². The van der Waals surface area contributed by atoms with Crippen LogP contribution in [0.5, 0.6) is 5.75 Å². The molecule has 0 spiro atoms. The van der Waals surface area contributed by atoms with E-state index in [1.54, 1.807) is 25.1 Å². The number of H-pyrrole nitrogens is 1. The number of carboxylic acids is 1. The van der Waals surface area contributed by atoms with Gasteiger partial charge in [-0.1, -0.05) is 24.6 Å². The number of hydrogen-bond donors (Lipinski definition) is 4. The summed E-state index contributed by atoms with van der Waals surface area (Å²) in [6.07, 6.45) is -2.05. The number of carboxylic acid groups (broad SMARTS) is 1. The van der Waals surface area contributed by atoms with E-state index in [1.165, 1.54) is 19.1 Å². The number of ether oxygens (including phenoxy) is 2. The molecule has 1 fully saturated rings. The summed E-state index contributed by atoms with van der Waals surface area (Å²) < 4.78 is 52.2. The highest BCUT2D eigenvalue weighted by atomic mass is 31.2. The smallest absolute Gasteiger partial charge is 0.459 e. The van der Waals surface area contributed by atoms with Crippen LogP contribution in [0.2, 0.25) is 0 Å². The molecular formula is C27H37FN3O11P. The maximum absolute atomic E-state index is 15.6. The third-order valence-electron chi connectivity index (χ3n) is 6.72. The van der Waals surface area contributed by atoms with Gasteiger partial charge in [0.25, 0.3) is 5.56 Å². The van der Waals surface area contributed by atoms with Crippen molar-refractivity contribution in [1.82, 2.24) is 14.6 Å². The number of aromatic amines is 1. The van der Waals surface area contributed by atoms with Crippen LogP contribution in [0.1, 0.15) is 59.1 Å². The van der Waals surface area contributed by atoms with E-state index < -0.39 is 73.8 Å². The molecule has 2 aromatic rings. The van der Waals surface area contributed by atoms with Crippen LogP contribution in [0.3, 0.4) is 0 Å². The van der Waals surface area contributed by atoms with Crippen LogP contribution in [0, 0.1) is 0 Å². The Kier molecular flexibility index (Phi) is 11.8. The lowest BCUT2D eigenvalue weighted by Gasteiger charge is -2.25. The van der Waals surface area contributed by atoms with Crippen LogP contribution in [-0.4, -0.2) is 68.3 Å². The first-order chi connectivity index (χ1) is 20.2. The SMILES string of the molecule is CC(CCCCCC(=O)O)OC(=O)[C@H](C)NP(=O)(OC[C@H]1O[C@@H](n2ccc(=O)[nH]c2=O)[C@](C)(F)[C@@H]1O)Oc1ccccc1. The van der Waals surface area contributed by atoms with Gasteiger partial charge in [-0.25, -0.2) is 13.8 Å². The van der Waals surface area contributed by atoms with E-state index in [4.69, 9.17) is 23.6 Å². The van der Waals surface area contributed by atoms with Crippen molar-refractivity contribution in [3.63, 3.8) is 0 Å². The number of aliphatic carboxylic acids is 1. The van der Waals surface area contributed by atoms with Crippen LogP contribution in [0.25, 0.3) is 0 Å². The second-order valence-electron chi connectivity index (χ2n) is 10.4. The Hall–Kier alpha value is -3.36. The van der Waals surface area contributed by atoms with E-state index in [0.717, 1.165) is 23.8 Å². The summed E-state index contributed by atoms with van der Waals surface area (Å²) in [6.45, 7) is 3.38. The molecule has 0 bridgehead atoms. The average Bonchev–Trinajstić information content (AvgIpc) is 3.15. The van der Waals surface area contributed by atoms with Crippen molar-refractivity contribution in [2.45, 2.75) is 89.1 Å². The van der Waals surface area contributed by atoms with E-state index in [9.17, 15) is 28.8 Å². The topological polar surface area (TPSA) is 195 Å². The Morgan fingerprint density at radius 3 is 2.53 bits per heavy atom. The predicted molar refractivity (Wildman–Crippen MR) is 150 cm³/mol. The number of aliphatic hydroxyl groups is 1. The molecule has 1 aromatic carbocycles. The minimum atomic E-state index is -4.40. The summed E-state index contributed by atoms with van der Waals surface area (Å²) in [5.41, 5.74) is -4.19. The van der Waals surface area contributed by atoms with Crippen molar-refractivity contribution >= 4 is 19.7 Å². The minimum absolute atomic E-state index is 0.0611. The first-order valence-corrected chi connectivity index (χ1v) is 15.3. The maximum Gasteiger partial charge on any atom is 0.459 e. The summed E-state index contributed by atoms with van der Waals surface area (Å²) in [5.74, 6) is -1.51. The van der Waals surface area contributed by atoms with Crippen LogP contribution >= 0.6 is 7.75 Å². The van der Waals surface area contributed by atoms with Gasteiger partial charge in [0.15, 0.2) is 11.9 Å². The highest BCUT2D eigenvalue weighted by Crippen LogP contribution is 2.47. The van der Waals surface area contributed by atoms with Crippen LogP contribution in [0.15, 0.2) is 52.2 Å². The molecule has 0 aliphatic carbocycles. The largest absolute Gasteiger partial charge is 0.481 e. The number of halogens is 1. The lowest BCUT2D eigenvalue weighted by Crippen LogP contribution is -2.43. The number of aromatic nitrogens is 2. The van der Waals surface area contributed by atoms with E-state index in [0.29, 0.717) is 25.7 Å². The monoisotopic (exact) mass is 629 g/mol. The fourth-order valence-corrected chi connectivity index (χ4v) is 5.88. The lowest BCUT2D eigenvalue weighted by atomic mass is 9.98. The zero-order valence-corrected chi connectivity index (χ0v) is 24.9. The molecule has 1 aliphatic rings. The number of para-hydroxylation sites is 1. The van der Waals surface area contributed by atoms with Gasteiger partial charge >= 0.3 is 25.4 Å². The first-order valence-electron chi connectivity index (χ1n) is 13.7. The van der Waals surface area contributed by atoms with Gasteiger partial charge in [0.05, 0.1) is 12.7 Å². The van der Waals surface area contributed by atoms with E-state index in [2.05, 4.69) is 5.09 Å². The van der Waals surface area contributed by atoms with Gasteiger partial charge in [0, 0.05) is 18.7 Å². The fourth-order valence-electron chi connectivity index (χ4n) is 4.38. The molecule has 0 amide bonds. The summed E-state index contributed by atoms with van der Waals surface area (Å²) in [5, 5.41) is 21.9. The second-order valence-corrected chi connectivity index (χ2v) is 12.1. The zero-order chi connectivity index (χ0) is 31.8. The predicted octanol–water partition coefficient (Wildman–Crippen LogP) is 2.67. The molecule has 1 saturated heterocycles. The van der Waals surface area contributed by atoms with E-state index in [1.807, 2.05) is 4.98 Å². The molecule has 14 nitrogen and oxygen atoms in total. The number of benzene rings is 1. The van der Waals surface area contributed by atoms with Crippen molar-refractivity contribution in [2.24, 2.45) is 0 Å². The first kappa shape index (κ1) is 34.1. The minimum Gasteiger partial charge on any atom is -0.481 e. The highest BCUT2D eigenvalue weighted by molar-refractivity contribution is 7.52. The Bertz CT molecular complexity index is 1400. The number of alkyl halides is 1.